The van der Waals surface area contributed by atoms with Crippen LogP contribution in [-0.2, 0) is 18.4 Å². The van der Waals surface area contributed by atoms with Crippen LogP contribution in [0.2, 0.25) is 0 Å². The third kappa shape index (κ3) is 8.54. The first-order valence-corrected chi connectivity index (χ1v) is 16.7. The van der Waals surface area contributed by atoms with Crippen molar-refractivity contribution in [3.05, 3.63) is 86.4 Å². The number of rotatable bonds is 15. The van der Waals surface area contributed by atoms with Crippen LogP contribution in [0.15, 0.2) is 42.6 Å². The topological polar surface area (TPSA) is 99.8 Å². The van der Waals surface area contributed by atoms with Crippen molar-refractivity contribution in [2.75, 3.05) is 19.6 Å². The number of hydrogen-bond acceptors (Lipinski definition) is 6. The molecule has 1 aliphatic rings. The SMILES string of the molecule is CCCN(CCC)C(=O)c1cc(C)cc(C(=O)N(C[C@@H](O)[C@H](N)Cc2cc(F)cc(F)c2)C2(c3cnc(CC(C)C)s3)CC2)c1. The summed E-state index contributed by atoms with van der Waals surface area (Å²) in [5.74, 6) is -1.44. The number of halogens is 2. The minimum atomic E-state index is -1.18. The Morgan fingerprint density at radius 3 is 2.13 bits per heavy atom. The molecule has 1 aliphatic carbocycles. The first-order chi connectivity index (χ1) is 21.4. The van der Waals surface area contributed by atoms with E-state index >= 15 is 0 Å². The second-order valence-electron chi connectivity index (χ2n) is 12.8. The number of carbonyl (C=O) groups excluding carboxylic acids is 2. The van der Waals surface area contributed by atoms with Crippen molar-refractivity contribution in [1.29, 1.82) is 0 Å². The predicted octanol–water partition coefficient (Wildman–Crippen LogP) is 6.25. The van der Waals surface area contributed by atoms with E-state index in [4.69, 9.17) is 5.73 Å². The molecule has 1 saturated carbocycles. The zero-order valence-corrected chi connectivity index (χ0v) is 27.8. The summed E-state index contributed by atoms with van der Waals surface area (Å²) in [6, 6.07) is 7.51. The van der Waals surface area contributed by atoms with Crippen LogP contribution >= 0.6 is 11.3 Å². The lowest BCUT2D eigenvalue weighted by molar-refractivity contribution is 0.0414. The quantitative estimate of drug-likeness (QED) is 0.205. The molecule has 0 bridgehead atoms. The lowest BCUT2D eigenvalue weighted by Gasteiger charge is -2.35. The zero-order valence-electron chi connectivity index (χ0n) is 27.0. The second-order valence-corrected chi connectivity index (χ2v) is 13.9. The number of hydrogen-bond donors (Lipinski definition) is 2. The van der Waals surface area contributed by atoms with E-state index in [1.54, 1.807) is 34.4 Å². The van der Waals surface area contributed by atoms with Crippen LogP contribution in [0.4, 0.5) is 8.78 Å². The van der Waals surface area contributed by atoms with Gasteiger partial charge in [-0.1, -0.05) is 27.7 Å². The zero-order chi connectivity index (χ0) is 32.9. The molecule has 1 aromatic heterocycles. The van der Waals surface area contributed by atoms with Gasteiger partial charge in [0.25, 0.3) is 11.8 Å². The Morgan fingerprint density at radius 1 is 0.978 bits per heavy atom. The van der Waals surface area contributed by atoms with Gasteiger partial charge in [-0.25, -0.2) is 13.8 Å². The normalized spacial score (nSPS) is 15.2. The van der Waals surface area contributed by atoms with Crippen molar-refractivity contribution >= 4 is 23.2 Å². The predicted molar refractivity (Wildman–Crippen MR) is 174 cm³/mol. The summed E-state index contributed by atoms with van der Waals surface area (Å²) in [5, 5.41) is 12.3. The lowest BCUT2D eigenvalue weighted by atomic mass is 9.99. The fourth-order valence-corrected chi connectivity index (χ4v) is 7.26. The minimum absolute atomic E-state index is 0.0256. The van der Waals surface area contributed by atoms with Gasteiger partial charge in [-0.05, 0) is 86.4 Å². The molecule has 10 heteroatoms. The van der Waals surface area contributed by atoms with Crippen LogP contribution in [0.1, 0.15) is 95.1 Å². The highest BCUT2D eigenvalue weighted by molar-refractivity contribution is 7.11. The van der Waals surface area contributed by atoms with Gasteiger partial charge >= 0.3 is 0 Å². The second kappa shape index (κ2) is 14.9. The van der Waals surface area contributed by atoms with E-state index in [1.165, 1.54) is 12.1 Å². The van der Waals surface area contributed by atoms with Crippen molar-refractivity contribution in [3.8, 4) is 0 Å². The number of aromatic nitrogens is 1. The Balaban J connectivity index is 1.68. The van der Waals surface area contributed by atoms with E-state index < -0.39 is 29.3 Å². The number of nitrogens with zero attached hydrogens (tertiary/aromatic N) is 3. The van der Waals surface area contributed by atoms with Gasteiger partial charge in [-0.3, -0.25) is 9.59 Å². The number of nitrogens with two attached hydrogens (primary N) is 1. The molecule has 1 fully saturated rings. The monoisotopic (exact) mass is 640 g/mol. The first-order valence-electron chi connectivity index (χ1n) is 15.9. The maximum atomic E-state index is 14.5. The molecule has 3 aromatic rings. The van der Waals surface area contributed by atoms with Crippen LogP contribution in [0.5, 0.6) is 0 Å². The molecule has 1 heterocycles. The van der Waals surface area contributed by atoms with E-state index in [0.717, 1.165) is 40.8 Å². The number of benzene rings is 2. The molecule has 0 aliphatic heterocycles. The van der Waals surface area contributed by atoms with E-state index in [9.17, 15) is 23.5 Å². The van der Waals surface area contributed by atoms with Crippen LogP contribution in [0, 0.1) is 24.5 Å². The fourth-order valence-electron chi connectivity index (χ4n) is 5.87. The highest BCUT2D eigenvalue weighted by Gasteiger charge is 2.53. The van der Waals surface area contributed by atoms with Gasteiger partial charge < -0.3 is 20.6 Å². The molecule has 0 radical (unpaired) electrons. The van der Waals surface area contributed by atoms with Crippen molar-refractivity contribution in [2.45, 2.75) is 90.8 Å². The minimum Gasteiger partial charge on any atom is -0.390 e. The van der Waals surface area contributed by atoms with Gasteiger partial charge in [0.15, 0.2) is 0 Å². The number of aryl methyl sites for hydroxylation is 1. The summed E-state index contributed by atoms with van der Waals surface area (Å²) in [6.45, 7) is 11.3. The van der Waals surface area contributed by atoms with Gasteiger partial charge in [-0.2, -0.15) is 0 Å². The Labute approximate surface area is 269 Å². The lowest BCUT2D eigenvalue weighted by Crippen LogP contribution is -2.50. The smallest absolute Gasteiger partial charge is 0.254 e. The summed E-state index contributed by atoms with van der Waals surface area (Å²) in [5.41, 5.74) is 7.63. The molecule has 2 atom stereocenters. The molecule has 7 nitrogen and oxygen atoms in total. The average molecular weight is 641 g/mol. The third-order valence-electron chi connectivity index (χ3n) is 8.18. The molecule has 0 unspecified atom stereocenters. The maximum absolute atomic E-state index is 14.5. The number of thiazole rings is 1. The van der Waals surface area contributed by atoms with Crippen molar-refractivity contribution in [2.24, 2.45) is 11.7 Å². The van der Waals surface area contributed by atoms with Crippen molar-refractivity contribution in [1.82, 2.24) is 14.8 Å². The average Bonchev–Trinajstić information content (AvgIpc) is 3.64. The molecule has 4 rings (SSSR count). The van der Waals surface area contributed by atoms with E-state index in [2.05, 4.69) is 18.8 Å². The van der Waals surface area contributed by atoms with E-state index in [-0.39, 0.29) is 24.8 Å². The number of carbonyl (C=O) groups is 2. The molecule has 244 valence electrons. The number of aliphatic hydroxyl groups excluding tert-OH is 1. The Kier molecular flexibility index (Phi) is 11.5. The van der Waals surface area contributed by atoms with Crippen LogP contribution in [0.3, 0.4) is 0 Å². The summed E-state index contributed by atoms with van der Waals surface area (Å²) in [4.78, 5) is 37.1. The van der Waals surface area contributed by atoms with Gasteiger partial charge in [0.2, 0.25) is 0 Å². The van der Waals surface area contributed by atoms with E-state index in [0.29, 0.717) is 48.5 Å². The van der Waals surface area contributed by atoms with Crippen LogP contribution < -0.4 is 5.73 Å². The summed E-state index contributed by atoms with van der Waals surface area (Å²) in [7, 11) is 0. The van der Waals surface area contributed by atoms with Gasteiger partial charge in [-0.15, -0.1) is 11.3 Å². The molecule has 2 amide bonds. The van der Waals surface area contributed by atoms with E-state index in [1.807, 2.05) is 31.9 Å². The summed E-state index contributed by atoms with van der Waals surface area (Å²) < 4.78 is 27.7. The standard InChI is InChI=1S/C35H46F2N4O3S/c1-6-10-40(11-7-2)33(43)25-13-23(5)14-26(18-25)34(44)41(35(8-9-35)31-20-39-32(45-31)12-22(3)4)21-30(42)29(38)17-24-15-27(36)19-28(37)16-24/h13-16,18-20,22,29-30,42H,6-12,17,21,38H2,1-5H3/t29-,30-/m1/s1. The highest BCUT2D eigenvalue weighted by atomic mass is 32.1. The van der Waals surface area contributed by atoms with Gasteiger partial charge in [0, 0.05) is 55.5 Å². The number of amides is 2. The van der Waals surface area contributed by atoms with Gasteiger partial charge in [0.05, 0.1) is 21.5 Å². The number of aliphatic hydroxyl groups is 1. The molecule has 2 aromatic carbocycles. The Bertz CT molecular complexity index is 1460. The van der Waals surface area contributed by atoms with Crippen LogP contribution in [0.25, 0.3) is 0 Å². The summed E-state index contributed by atoms with van der Waals surface area (Å²) in [6.07, 6.45) is 4.53. The largest absolute Gasteiger partial charge is 0.390 e. The van der Waals surface area contributed by atoms with Crippen LogP contribution in [-0.4, -0.2) is 63.5 Å². The first kappa shape index (κ1) is 34.7. The third-order valence-corrected chi connectivity index (χ3v) is 9.40. The molecule has 45 heavy (non-hydrogen) atoms. The Morgan fingerprint density at radius 2 is 1.58 bits per heavy atom. The molecular formula is C35H46F2N4O3S. The molecule has 0 saturated heterocycles. The van der Waals surface area contributed by atoms with Crippen molar-refractivity contribution in [3.63, 3.8) is 0 Å². The Hall–Kier alpha value is -3.21. The molecule has 3 N–H and O–H groups in total. The summed E-state index contributed by atoms with van der Waals surface area (Å²) >= 11 is 1.58. The highest BCUT2D eigenvalue weighted by Crippen LogP contribution is 2.53. The molecule has 0 spiro atoms. The molecular weight excluding hydrogens is 594 g/mol. The maximum Gasteiger partial charge on any atom is 0.254 e. The fraction of sp³-hybridized carbons (Fsp3) is 0.514. The van der Waals surface area contributed by atoms with Gasteiger partial charge in [0.1, 0.15) is 11.6 Å². The van der Waals surface area contributed by atoms with Crippen molar-refractivity contribution < 1.29 is 23.5 Å².